The number of anilines is 1. The summed E-state index contributed by atoms with van der Waals surface area (Å²) in [5.41, 5.74) is 1.66. The number of thiazole rings is 1. The van der Waals surface area contributed by atoms with Gasteiger partial charge in [0.05, 0.1) is 16.3 Å². The van der Waals surface area contributed by atoms with Gasteiger partial charge in [-0.25, -0.2) is 18.6 Å². The van der Waals surface area contributed by atoms with Crippen LogP contribution in [0.15, 0.2) is 28.8 Å². The molecule has 1 aromatic carbocycles. The zero-order valence-electron chi connectivity index (χ0n) is 17.0. The second-order valence-electron chi connectivity index (χ2n) is 7.40. The van der Waals surface area contributed by atoms with Crippen LogP contribution in [0.3, 0.4) is 0 Å². The van der Waals surface area contributed by atoms with E-state index in [0.717, 1.165) is 6.07 Å². The first-order valence-electron chi connectivity index (χ1n) is 9.74. The number of ketones is 1. The molecule has 0 N–H and O–H groups in total. The molecule has 7 nitrogen and oxygen atoms in total. The quantitative estimate of drug-likeness (QED) is 0.506. The van der Waals surface area contributed by atoms with E-state index in [-0.39, 0.29) is 24.8 Å². The lowest BCUT2D eigenvalue weighted by Gasteiger charge is -2.17. The van der Waals surface area contributed by atoms with Gasteiger partial charge in [-0.15, -0.1) is 0 Å². The topological polar surface area (TPSA) is 79.5 Å². The van der Waals surface area contributed by atoms with Crippen molar-refractivity contribution in [2.24, 2.45) is 0 Å². The lowest BCUT2D eigenvalue weighted by molar-refractivity contribution is 0.0985. The molecule has 2 aromatic heterocycles. The van der Waals surface area contributed by atoms with Crippen molar-refractivity contribution in [1.29, 1.82) is 0 Å². The van der Waals surface area contributed by atoms with Crippen LogP contribution >= 0.6 is 11.3 Å². The number of carbonyl (C=O) groups is 2. The Kier molecular flexibility index (Phi) is 5.81. The summed E-state index contributed by atoms with van der Waals surface area (Å²) in [5.74, 6) is -0.742. The third kappa shape index (κ3) is 4.63. The van der Waals surface area contributed by atoms with E-state index >= 15 is 0 Å². The number of aryl methyl sites for hydroxylation is 3. The minimum atomic E-state index is -0.682. The van der Waals surface area contributed by atoms with Gasteiger partial charge >= 0.3 is 6.03 Å². The first-order chi connectivity index (χ1) is 14.8. The Morgan fingerprint density at radius 3 is 2.58 bits per heavy atom. The predicted octanol–water partition coefficient (Wildman–Crippen LogP) is 4.28. The van der Waals surface area contributed by atoms with Gasteiger partial charge in [0.15, 0.2) is 10.9 Å². The average Bonchev–Trinajstić information content (AvgIpc) is 3.39. The van der Waals surface area contributed by atoms with Crippen molar-refractivity contribution in [2.45, 2.75) is 33.2 Å². The third-order valence-corrected chi connectivity index (χ3v) is 6.17. The highest BCUT2D eigenvalue weighted by molar-refractivity contribution is 7.17. The Balaban J connectivity index is 1.43. The van der Waals surface area contributed by atoms with Gasteiger partial charge in [0, 0.05) is 44.6 Å². The molecule has 1 aliphatic rings. The van der Waals surface area contributed by atoms with Crippen molar-refractivity contribution >= 4 is 28.3 Å². The maximum atomic E-state index is 13.4. The number of rotatable bonds is 7. The zero-order chi connectivity index (χ0) is 22.1. The molecule has 0 unspecified atom stereocenters. The van der Waals surface area contributed by atoms with Crippen molar-refractivity contribution < 1.29 is 22.9 Å². The van der Waals surface area contributed by atoms with Crippen LogP contribution in [-0.4, -0.2) is 39.9 Å². The summed E-state index contributed by atoms with van der Waals surface area (Å²) >= 11 is 1.18. The molecule has 0 atom stereocenters. The second-order valence-corrected chi connectivity index (χ2v) is 8.37. The standard InChI is InChI=1S/C21H20F2N4O3S/c1-12-7-17(25-30-12)3-4-18(28)19-13(2)24-20(31-19)27-6-5-26(21(27)29)11-14-8-15(22)10-16(23)9-14/h7-10H,3-6,11H2,1-2H3. The monoisotopic (exact) mass is 446 g/mol. The molecule has 1 saturated heterocycles. The summed E-state index contributed by atoms with van der Waals surface area (Å²) in [7, 11) is 0. The number of Topliss-reactive ketones (excluding diaryl/α,β-unsaturated/α-hetero) is 1. The fourth-order valence-corrected chi connectivity index (χ4v) is 4.53. The summed E-state index contributed by atoms with van der Waals surface area (Å²) in [6.45, 7) is 4.40. The van der Waals surface area contributed by atoms with E-state index in [4.69, 9.17) is 4.52 Å². The molecule has 10 heteroatoms. The van der Waals surface area contributed by atoms with Crippen LogP contribution in [0.4, 0.5) is 18.7 Å². The fraction of sp³-hybridized carbons (Fsp3) is 0.333. The molecular weight excluding hydrogens is 426 g/mol. The summed E-state index contributed by atoms with van der Waals surface area (Å²) in [6, 6.07) is 4.69. The van der Waals surface area contributed by atoms with Crippen molar-refractivity contribution in [2.75, 3.05) is 18.0 Å². The molecule has 1 aliphatic heterocycles. The fourth-order valence-electron chi connectivity index (χ4n) is 3.48. The third-order valence-electron chi connectivity index (χ3n) is 4.95. The van der Waals surface area contributed by atoms with E-state index in [2.05, 4.69) is 10.1 Å². The molecule has 3 aromatic rings. The average molecular weight is 446 g/mol. The number of halogens is 2. The highest BCUT2D eigenvalue weighted by Crippen LogP contribution is 2.30. The van der Waals surface area contributed by atoms with Crippen LogP contribution in [0, 0.1) is 25.5 Å². The number of hydrogen-bond acceptors (Lipinski definition) is 6. The largest absolute Gasteiger partial charge is 0.361 e. The summed E-state index contributed by atoms with van der Waals surface area (Å²) in [5, 5.41) is 4.33. The lowest BCUT2D eigenvalue weighted by Crippen LogP contribution is -2.31. The predicted molar refractivity (Wildman–Crippen MR) is 110 cm³/mol. The molecule has 0 radical (unpaired) electrons. The van der Waals surface area contributed by atoms with Gasteiger partial charge in [-0.05, 0) is 31.5 Å². The minimum Gasteiger partial charge on any atom is -0.361 e. The Labute approximate surface area is 181 Å². The van der Waals surface area contributed by atoms with Crippen molar-refractivity contribution in [3.63, 3.8) is 0 Å². The second kappa shape index (κ2) is 8.54. The molecular formula is C21H20F2N4O3S. The van der Waals surface area contributed by atoms with E-state index < -0.39 is 11.6 Å². The molecule has 0 aliphatic carbocycles. The smallest absolute Gasteiger partial charge is 0.326 e. The number of carbonyl (C=O) groups excluding carboxylic acids is 2. The zero-order valence-corrected chi connectivity index (χ0v) is 17.8. The number of urea groups is 1. The van der Waals surface area contributed by atoms with Crippen LogP contribution < -0.4 is 4.90 Å². The Hall–Kier alpha value is -3.14. The first kappa shape index (κ1) is 21.1. The van der Waals surface area contributed by atoms with Crippen LogP contribution in [0.1, 0.15) is 38.8 Å². The lowest BCUT2D eigenvalue weighted by atomic mass is 10.1. The van der Waals surface area contributed by atoms with Gasteiger partial charge in [-0.3, -0.25) is 9.69 Å². The maximum absolute atomic E-state index is 13.4. The van der Waals surface area contributed by atoms with Crippen LogP contribution in [0.25, 0.3) is 0 Å². The van der Waals surface area contributed by atoms with E-state index in [1.54, 1.807) is 19.9 Å². The summed E-state index contributed by atoms with van der Waals surface area (Å²) in [6.07, 6.45) is 0.725. The van der Waals surface area contributed by atoms with Crippen LogP contribution in [0.5, 0.6) is 0 Å². The molecule has 162 valence electrons. The molecule has 1 fully saturated rings. The molecule has 31 heavy (non-hydrogen) atoms. The van der Waals surface area contributed by atoms with E-state index in [1.165, 1.54) is 33.3 Å². The Bertz CT molecular complexity index is 1120. The van der Waals surface area contributed by atoms with Crippen LogP contribution in [-0.2, 0) is 13.0 Å². The van der Waals surface area contributed by atoms with E-state index in [9.17, 15) is 18.4 Å². The molecule has 0 spiro atoms. The van der Waals surface area contributed by atoms with E-state index in [0.29, 0.717) is 52.2 Å². The van der Waals surface area contributed by atoms with Gasteiger partial charge in [-0.2, -0.15) is 0 Å². The highest BCUT2D eigenvalue weighted by Gasteiger charge is 2.32. The number of hydrogen-bond donors (Lipinski definition) is 0. The van der Waals surface area contributed by atoms with Gasteiger partial charge < -0.3 is 9.42 Å². The number of aromatic nitrogens is 2. The molecule has 0 saturated carbocycles. The highest BCUT2D eigenvalue weighted by atomic mass is 32.1. The van der Waals surface area contributed by atoms with Gasteiger partial charge in [0.1, 0.15) is 17.4 Å². The van der Waals surface area contributed by atoms with Crippen molar-refractivity contribution in [3.05, 3.63) is 63.5 Å². The first-order valence-corrected chi connectivity index (χ1v) is 10.6. The SMILES string of the molecule is Cc1cc(CCC(=O)c2sc(N3CCN(Cc4cc(F)cc(F)c4)C3=O)nc2C)no1. The molecule has 0 bridgehead atoms. The number of amides is 2. The molecule has 4 rings (SSSR count). The maximum Gasteiger partial charge on any atom is 0.326 e. The van der Waals surface area contributed by atoms with Gasteiger partial charge in [-0.1, -0.05) is 16.5 Å². The number of benzene rings is 1. The van der Waals surface area contributed by atoms with Gasteiger partial charge in [0.25, 0.3) is 0 Å². The van der Waals surface area contributed by atoms with Crippen LogP contribution in [0.2, 0.25) is 0 Å². The number of nitrogens with zero attached hydrogens (tertiary/aromatic N) is 4. The van der Waals surface area contributed by atoms with Crippen molar-refractivity contribution in [3.8, 4) is 0 Å². The summed E-state index contributed by atoms with van der Waals surface area (Å²) < 4.78 is 31.9. The normalized spacial score (nSPS) is 14.0. The Morgan fingerprint density at radius 2 is 1.90 bits per heavy atom. The minimum absolute atomic E-state index is 0.0689. The molecule has 2 amide bonds. The Morgan fingerprint density at radius 1 is 1.16 bits per heavy atom. The molecule has 3 heterocycles. The summed E-state index contributed by atoms with van der Waals surface area (Å²) in [4.78, 5) is 33.4. The van der Waals surface area contributed by atoms with Gasteiger partial charge in [0.2, 0.25) is 0 Å². The van der Waals surface area contributed by atoms with E-state index in [1.807, 2.05) is 0 Å². The van der Waals surface area contributed by atoms with Crippen molar-refractivity contribution in [1.82, 2.24) is 15.0 Å².